The van der Waals surface area contributed by atoms with Gasteiger partial charge in [0.05, 0.1) is 5.60 Å². The van der Waals surface area contributed by atoms with E-state index in [0.717, 1.165) is 25.9 Å². The van der Waals surface area contributed by atoms with Crippen LogP contribution in [0.15, 0.2) is 0 Å². The van der Waals surface area contributed by atoms with E-state index in [4.69, 9.17) is 4.74 Å². The molecule has 2 aliphatic heterocycles. The number of ether oxygens (including phenoxy) is 1. The fraction of sp³-hybridized carbons (Fsp3) is 0.867. The molecule has 3 atom stereocenters. The molecule has 1 N–H and O–H groups in total. The lowest BCUT2D eigenvalue weighted by Gasteiger charge is -2.33. The zero-order valence-corrected chi connectivity index (χ0v) is 12.8. The van der Waals surface area contributed by atoms with Crippen LogP contribution in [0.4, 0.5) is 0 Å². The van der Waals surface area contributed by atoms with E-state index in [1.165, 1.54) is 0 Å². The van der Waals surface area contributed by atoms with Gasteiger partial charge in [0.15, 0.2) is 0 Å². The number of nitrogens with zero attached hydrogens (tertiary/aromatic N) is 1. The minimum absolute atomic E-state index is 0.0244. The van der Waals surface area contributed by atoms with Gasteiger partial charge in [0, 0.05) is 26.1 Å². The number of amides is 2. The van der Waals surface area contributed by atoms with Crippen molar-refractivity contribution in [2.75, 3.05) is 19.7 Å². The standard InChI is InChI=1S/C15H26N2O3/c1-4-11(2)13-14(19)17(8-6-12(18)16-13)10-15(3)7-5-9-20-15/h11,13H,4-10H2,1-3H3,(H,16,18). The Labute approximate surface area is 121 Å². The average molecular weight is 282 g/mol. The van der Waals surface area contributed by atoms with E-state index in [0.29, 0.717) is 19.5 Å². The van der Waals surface area contributed by atoms with E-state index in [9.17, 15) is 9.59 Å². The second kappa shape index (κ2) is 6.12. The number of hydrogen-bond acceptors (Lipinski definition) is 3. The first-order valence-electron chi connectivity index (χ1n) is 7.67. The summed E-state index contributed by atoms with van der Waals surface area (Å²) in [6.45, 7) is 7.97. The van der Waals surface area contributed by atoms with Crippen molar-refractivity contribution >= 4 is 11.8 Å². The third kappa shape index (κ3) is 3.32. The molecular formula is C15H26N2O3. The van der Waals surface area contributed by atoms with Gasteiger partial charge in [0.2, 0.25) is 11.8 Å². The van der Waals surface area contributed by atoms with Gasteiger partial charge in [-0.15, -0.1) is 0 Å². The average Bonchev–Trinajstić information content (AvgIpc) is 2.80. The van der Waals surface area contributed by atoms with E-state index in [1.54, 1.807) is 0 Å². The summed E-state index contributed by atoms with van der Waals surface area (Å²) in [5.74, 6) is 0.176. The molecule has 0 spiro atoms. The summed E-state index contributed by atoms with van der Waals surface area (Å²) in [6, 6.07) is -0.389. The fourth-order valence-electron chi connectivity index (χ4n) is 2.99. The lowest BCUT2D eigenvalue weighted by molar-refractivity contribution is -0.138. The van der Waals surface area contributed by atoms with Crippen molar-refractivity contribution in [2.24, 2.45) is 5.92 Å². The summed E-state index contributed by atoms with van der Waals surface area (Å²) in [4.78, 5) is 26.3. The third-order valence-electron chi connectivity index (χ3n) is 4.54. The van der Waals surface area contributed by atoms with Gasteiger partial charge < -0.3 is 15.0 Å². The predicted octanol–water partition coefficient (Wildman–Crippen LogP) is 1.32. The van der Waals surface area contributed by atoms with Gasteiger partial charge in [-0.25, -0.2) is 0 Å². The second-order valence-corrected chi connectivity index (χ2v) is 6.34. The van der Waals surface area contributed by atoms with Gasteiger partial charge in [-0.05, 0) is 25.7 Å². The Morgan fingerprint density at radius 1 is 1.50 bits per heavy atom. The number of hydrogen-bond donors (Lipinski definition) is 1. The van der Waals surface area contributed by atoms with E-state index in [-0.39, 0.29) is 29.4 Å². The molecule has 5 heteroatoms. The number of nitrogens with one attached hydrogen (secondary N) is 1. The minimum atomic E-state index is -0.389. The van der Waals surface area contributed by atoms with Crippen LogP contribution in [0.3, 0.4) is 0 Å². The summed E-state index contributed by atoms with van der Waals surface area (Å²) in [5, 5.41) is 2.88. The molecule has 2 saturated heterocycles. The van der Waals surface area contributed by atoms with Crippen molar-refractivity contribution in [3.05, 3.63) is 0 Å². The molecule has 0 aromatic carbocycles. The van der Waals surface area contributed by atoms with Crippen molar-refractivity contribution in [1.29, 1.82) is 0 Å². The second-order valence-electron chi connectivity index (χ2n) is 6.34. The lowest BCUT2D eigenvalue weighted by atomic mass is 9.97. The Hall–Kier alpha value is -1.10. The Kier molecular flexibility index (Phi) is 4.68. The van der Waals surface area contributed by atoms with Crippen LogP contribution in [0.2, 0.25) is 0 Å². The molecule has 0 saturated carbocycles. The Morgan fingerprint density at radius 3 is 2.85 bits per heavy atom. The molecule has 2 fully saturated rings. The van der Waals surface area contributed by atoms with E-state index < -0.39 is 0 Å². The largest absolute Gasteiger partial charge is 0.373 e. The van der Waals surface area contributed by atoms with Crippen LogP contribution >= 0.6 is 0 Å². The zero-order chi connectivity index (χ0) is 14.8. The van der Waals surface area contributed by atoms with Gasteiger partial charge in [0.25, 0.3) is 0 Å². The normalized spacial score (nSPS) is 33.0. The highest BCUT2D eigenvalue weighted by molar-refractivity contribution is 5.90. The molecule has 2 aliphatic rings. The van der Waals surface area contributed by atoms with E-state index in [1.807, 2.05) is 18.7 Å². The molecule has 0 bridgehead atoms. The summed E-state index contributed by atoms with van der Waals surface area (Å²) >= 11 is 0. The zero-order valence-electron chi connectivity index (χ0n) is 12.8. The lowest BCUT2D eigenvalue weighted by Crippen LogP contribution is -2.51. The molecule has 0 aromatic rings. The maximum atomic E-state index is 12.7. The predicted molar refractivity (Wildman–Crippen MR) is 76.2 cm³/mol. The quantitative estimate of drug-likeness (QED) is 0.846. The molecule has 2 rings (SSSR count). The van der Waals surface area contributed by atoms with Crippen LogP contribution in [0.1, 0.15) is 46.5 Å². The maximum Gasteiger partial charge on any atom is 0.245 e. The van der Waals surface area contributed by atoms with E-state index >= 15 is 0 Å². The van der Waals surface area contributed by atoms with Crippen molar-refractivity contribution < 1.29 is 14.3 Å². The van der Waals surface area contributed by atoms with Crippen LogP contribution in [0.25, 0.3) is 0 Å². The molecule has 5 nitrogen and oxygen atoms in total. The first-order valence-corrected chi connectivity index (χ1v) is 7.67. The van der Waals surface area contributed by atoms with Crippen molar-refractivity contribution in [2.45, 2.75) is 58.1 Å². The topological polar surface area (TPSA) is 58.6 Å². The molecule has 2 amide bonds. The highest BCUT2D eigenvalue weighted by Gasteiger charge is 2.38. The van der Waals surface area contributed by atoms with Crippen molar-refractivity contribution in [3.63, 3.8) is 0 Å². The highest BCUT2D eigenvalue weighted by atomic mass is 16.5. The van der Waals surface area contributed by atoms with Crippen LogP contribution < -0.4 is 5.32 Å². The van der Waals surface area contributed by atoms with Gasteiger partial charge in [-0.1, -0.05) is 20.3 Å². The molecule has 2 heterocycles. The number of rotatable bonds is 4. The number of carbonyl (C=O) groups is 2. The summed E-state index contributed by atoms with van der Waals surface area (Å²) in [5.41, 5.74) is -0.247. The third-order valence-corrected chi connectivity index (χ3v) is 4.54. The maximum absolute atomic E-state index is 12.7. The molecule has 114 valence electrons. The molecule has 0 radical (unpaired) electrons. The highest BCUT2D eigenvalue weighted by Crippen LogP contribution is 2.27. The van der Waals surface area contributed by atoms with Gasteiger partial charge in [-0.2, -0.15) is 0 Å². The van der Waals surface area contributed by atoms with Gasteiger partial charge in [0.1, 0.15) is 6.04 Å². The Morgan fingerprint density at radius 2 is 2.25 bits per heavy atom. The molecule has 0 aliphatic carbocycles. The van der Waals surface area contributed by atoms with Gasteiger partial charge in [-0.3, -0.25) is 9.59 Å². The van der Waals surface area contributed by atoms with Crippen LogP contribution in [-0.2, 0) is 14.3 Å². The number of carbonyl (C=O) groups excluding carboxylic acids is 2. The Balaban J connectivity index is 2.10. The Bertz CT molecular complexity index is 377. The van der Waals surface area contributed by atoms with Crippen LogP contribution in [-0.4, -0.2) is 48.1 Å². The van der Waals surface area contributed by atoms with Crippen LogP contribution in [0, 0.1) is 5.92 Å². The van der Waals surface area contributed by atoms with Crippen molar-refractivity contribution in [1.82, 2.24) is 10.2 Å². The first kappa shape index (κ1) is 15.3. The molecule has 20 heavy (non-hydrogen) atoms. The van der Waals surface area contributed by atoms with Gasteiger partial charge >= 0.3 is 0 Å². The smallest absolute Gasteiger partial charge is 0.245 e. The molecule has 0 aromatic heterocycles. The summed E-state index contributed by atoms with van der Waals surface area (Å²) in [7, 11) is 0. The molecular weight excluding hydrogens is 256 g/mol. The molecule has 3 unspecified atom stereocenters. The SMILES string of the molecule is CCC(C)C1NC(=O)CCN(CC2(C)CCCO2)C1=O. The summed E-state index contributed by atoms with van der Waals surface area (Å²) in [6.07, 6.45) is 3.28. The monoisotopic (exact) mass is 282 g/mol. The minimum Gasteiger partial charge on any atom is -0.373 e. The van der Waals surface area contributed by atoms with E-state index in [2.05, 4.69) is 12.2 Å². The van der Waals surface area contributed by atoms with Crippen molar-refractivity contribution in [3.8, 4) is 0 Å². The summed E-state index contributed by atoms with van der Waals surface area (Å²) < 4.78 is 5.78. The first-order chi connectivity index (χ1) is 9.45. The fourth-order valence-corrected chi connectivity index (χ4v) is 2.99. The van der Waals surface area contributed by atoms with Crippen LogP contribution in [0.5, 0.6) is 0 Å².